The Hall–Kier alpha value is -3.31. The van der Waals surface area contributed by atoms with Gasteiger partial charge in [0, 0.05) is 18.7 Å². The summed E-state index contributed by atoms with van der Waals surface area (Å²) in [7, 11) is 1.54. The minimum Gasteiger partial charge on any atom is -0.508 e. The molecule has 0 aliphatic rings. The molecule has 0 atom stereocenters. The standard InChI is InChI=1S/C22H20O5/c1-25-15-27-19-11-12-20(22(24)17-7-9-18(23)10-8-17)21(13-19)26-14-16-5-3-2-4-6-16/h2-13,23H,14-15H2,1H3. The Bertz CT molecular complexity index is 888. The second-order valence-electron chi connectivity index (χ2n) is 5.86. The van der Waals surface area contributed by atoms with Gasteiger partial charge in [-0.3, -0.25) is 4.79 Å². The number of carbonyl (C=O) groups excluding carboxylic acids is 1. The number of rotatable bonds is 8. The second kappa shape index (κ2) is 8.87. The summed E-state index contributed by atoms with van der Waals surface area (Å²) in [5, 5.41) is 9.43. The number of ether oxygens (including phenoxy) is 3. The highest BCUT2D eigenvalue weighted by Crippen LogP contribution is 2.28. The molecule has 0 aliphatic carbocycles. The number of carbonyl (C=O) groups is 1. The molecule has 0 unspecified atom stereocenters. The third kappa shape index (κ3) is 4.86. The molecule has 1 N–H and O–H groups in total. The van der Waals surface area contributed by atoms with Gasteiger partial charge >= 0.3 is 0 Å². The van der Waals surface area contributed by atoms with Crippen LogP contribution in [0.15, 0.2) is 72.8 Å². The molecule has 138 valence electrons. The Kier molecular flexibility index (Phi) is 6.07. The highest BCUT2D eigenvalue weighted by molar-refractivity contribution is 6.10. The van der Waals surface area contributed by atoms with E-state index in [0.29, 0.717) is 29.2 Å². The van der Waals surface area contributed by atoms with Crippen molar-refractivity contribution in [2.24, 2.45) is 0 Å². The van der Waals surface area contributed by atoms with Gasteiger partial charge in [0.1, 0.15) is 23.9 Å². The number of benzene rings is 3. The van der Waals surface area contributed by atoms with Crippen LogP contribution in [0.3, 0.4) is 0 Å². The largest absolute Gasteiger partial charge is 0.508 e. The lowest BCUT2D eigenvalue weighted by molar-refractivity contribution is 0.0509. The average Bonchev–Trinajstić information content (AvgIpc) is 2.71. The quantitative estimate of drug-likeness (QED) is 0.480. The van der Waals surface area contributed by atoms with Gasteiger partial charge in [0.05, 0.1) is 5.56 Å². The molecule has 5 nitrogen and oxygen atoms in total. The molecule has 0 saturated heterocycles. The monoisotopic (exact) mass is 364 g/mol. The van der Waals surface area contributed by atoms with Crippen molar-refractivity contribution in [3.8, 4) is 17.2 Å². The molecule has 0 bridgehead atoms. The summed E-state index contributed by atoms with van der Waals surface area (Å²) < 4.78 is 16.3. The molecule has 3 aromatic rings. The van der Waals surface area contributed by atoms with Crippen LogP contribution in [0.4, 0.5) is 0 Å². The van der Waals surface area contributed by atoms with Crippen LogP contribution < -0.4 is 9.47 Å². The van der Waals surface area contributed by atoms with E-state index in [1.54, 1.807) is 30.3 Å². The van der Waals surface area contributed by atoms with E-state index in [0.717, 1.165) is 5.56 Å². The van der Waals surface area contributed by atoms with Gasteiger partial charge in [-0.2, -0.15) is 0 Å². The summed E-state index contributed by atoms with van der Waals surface area (Å²) in [6, 6.07) is 20.8. The van der Waals surface area contributed by atoms with Gasteiger partial charge in [0.15, 0.2) is 12.6 Å². The lowest BCUT2D eigenvalue weighted by Gasteiger charge is -2.13. The predicted octanol–water partition coefficient (Wildman–Crippen LogP) is 4.18. The first kappa shape index (κ1) is 18.5. The zero-order valence-electron chi connectivity index (χ0n) is 14.9. The lowest BCUT2D eigenvalue weighted by Crippen LogP contribution is -2.07. The maximum absolute atomic E-state index is 12.9. The summed E-state index contributed by atoms with van der Waals surface area (Å²) in [5.41, 5.74) is 1.87. The van der Waals surface area contributed by atoms with E-state index in [9.17, 15) is 9.90 Å². The number of hydrogen-bond acceptors (Lipinski definition) is 5. The topological polar surface area (TPSA) is 65.0 Å². The maximum Gasteiger partial charge on any atom is 0.196 e. The van der Waals surface area contributed by atoms with Crippen molar-refractivity contribution in [2.45, 2.75) is 6.61 Å². The van der Waals surface area contributed by atoms with E-state index in [1.165, 1.54) is 19.2 Å². The first-order chi connectivity index (χ1) is 13.2. The first-order valence-electron chi connectivity index (χ1n) is 8.43. The fraction of sp³-hybridized carbons (Fsp3) is 0.136. The Morgan fingerprint density at radius 2 is 1.67 bits per heavy atom. The molecule has 27 heavy (non-hydrogen) atoms. The number of methoxy groups -OCH3 is 1. The third-order valence-electron chi connectivity index (χ3n) is 3.91. The maximum atomic E-state index is 12.9. The van der Waals surface area contributed by atoms with Crippen LogP contribution in [0, 0.1) is 0 Å². The number of hydrogen-bond donors (Lipinski definition) is 1. The summed E-state index contributed by atoms with van der Waals surface area (Å²) >= 11 is 0. The molecular formula is C22H20O5. The van der Waals surface area contributed by atoms with Gasteiger partial charge in [0.2, 0.25) is 0 Å². The van der Waals surface area contributed by atoms with E-state index in [4.69, 9.17) is 14.2 Å². The zero-order chi connectivity index (χ0) is 19.1. The summed E-state index contributed by atoms with van der Waals surface area (Å²) in [6.07, 6.45) is 0. The molecule has 0 radical (unpaired) electrons. The van der Waals surface area contributed by atoms with Crippen molar-refractivity contribution >= 4 is 5.78 Å². The van der Waals surface area contributed by atoms with Crippen molar-refractivity contribution in [3.63, 3.8) is 0 Å². The van der Waals surface area contributed by atoms with Gasteiger partial charge < -0.3 is 19.3 Å². The molecule has 5 heteroatoms. The van der Waals surface area contributed by atoms with Crippen LogP contribution in [0.2, 0.25) is 0 Å². The van der Waals surface area contributed by atoms with Crippen LogP contribution in [-0.2, 0) is 11.3 Å². The van der Waals surface area contributed by atoms with Crippen LogP contribution in [0.5, 0.6) is 17.2 Å². The van der Waals surface area contributed by atoms with E-state index >= 15 is 0 Å². The van der Waals surface area contributed by atoms with Gasteiger partial charge in [-0.15, -0.1) is 0 Å². The van der Waals surface area contributed by atoms with Crippen LogP contribution in [0.25, 0.3) is 0 Å². The van der Waals surface area contributed by atoms with Crippen molar-refractivity contribution in [1.29, 1.82) is 0 Å². The molecule has 0 saturated carbocycles. The summed E-state index contributed by atoms with van der Waals surface area (Å²) in [5.74, 6) is 0.875. The van der Waals surface area contributed by atoms with E-state index in [2.05, 4.69) is 0 Å². The lowest BCUT2D eigenvalue weighted by atomic mass is 10.0. The van der Waals surface area contributed by atoms with Gasteiger partial charge in [-0.05, 0) is 42.0 Å². The van der Waals surface area contributed by atoms with Gasteiger partial charge in [0.25, 0.3) is 0 Å². The molecule has 0 amide bonds. The highest BCUT2D eigenvalue weighted by atomic mass is 16.7. The summed E-state index contributed by atoms with van der Waals surface area (Å²) in [6.45, 7) is 0.424. The molecule has 0 aromatic heterocycles. The zero-order valence-corrected chi connectivity index (χ0v) is 14.9. The normalized spacial score (nSPS) is 10.4. The Balaban J connectivity index is 1.88. The molecule has 3 aromatic carbocycles. The molecule has 0 heterocycles. The van der Waals surface area contributed by atoms with Gasteiger partial charge in [-0.25, -0.2) is 0 Å². The number of phenolic OH excluding ortho intramolecular Hbond substituents is 1. The second-order valence-corrected chi connectivity index (χ2v) is 5.86. The molecule has 0 aliphatic heterocycles. The average molecular weight is 364 g/mol. The molecular weight excluding hydrogens is 344 g/mol. The fourth-order valence-electron chi connectivity index (χ4n) is 2.53. The molecule has 0 fully saturated rings. The third-order valence-corrected chi connectivity index (χ3v) is 3.91. The molecule has 3 rings (SSSR count). The van der Waals surface area contributed by atoms with Crippen molar-refractivity contribution in [1.82, 2.24) is 0 Å². The Labute approximate surface area is 157 Å². The number of phenols is 1. The van der Waals surface area contributed by atoms with Gasteiger partial charge in [-0.1, -0.05) is 30.3 Å². The minimum absolute atomic E-state index is 0.101. The SMILES string of the molecule is COCOc1ccc(C(=O)c2ccc(O)cc2)c(OCc2ccccc2)c1. The van der Waals surface area contributed by atoms with Crippen LogP contribution in [0.1, 0.15) is 21.5 Å². The predicted molar refractivity (Wildman–Crippen MR) is 101 cm³/mol. The van der Waals surface area contributed by atoms with E-state index in [-0.39, 0.29) is 18.3 Å². The van der Waals surface area contributed by atoms with Crippen LogP contribution >= 0.6 is 0 Å². The Morgan fingerprint density at radius 1 is 0.926 bits per heavy atom. The first-order valence-corrected chi connectivity index (χ1v) is 8.43. The summed E-state index contributed by atoms with van der Waals surface area (Å²) in [4.78, 5) is 12.9. The smallest absolute Gasteiger partial charge is 0.196 e. The van der Waals surface area contributed by atoms with E-state index < -0.39 is 0 Å². The number of ketones is 1. The number of aromatic hydroxyl groups is 1. The fourth-order valence-corrected chi connectivity index (χ4v) is 2.53. The van der Waals surface area contributed by atoms with Crippen molar-refractivity contribution in [2.75, 3.05) is 13.9 Å². The van der Waals surface area contributed by atoms with Crippen LogP contribution in [-0.4, -0.2) is 24.8 Å². The minimum atomic E-state index is -0.198. The Morgan fingerprint density at radius 3 is 2.37 bits per heavy atom. The molecule has 0 spiro atoms. The highest BCUT2D eigenvalue weighted by Gasteiger charge is 2.16. The van der Waals surface area contributed by atoms with Crippen molar-refractivity contribution in [3.05, 3.63) is 89.5 Å². The van der Waals surface area contributed by atoms with Crippen molar-refractivity contribution < 1.29 is 24.1 Å². The van der Waals surface area contributed by atoms with E-state index in [1.807, 2.05) is 30.3 Å².